The van der Waals surface area contributed by atoms with Crippen LogP contribution in [0.25, 0.3) is 0 Å². The molecule has 0 saturated heterocycles. The summed E-state index contributed by atoms with van der Waals surface area (Å²) in [5.41, 5.74) is 3.48. The fraction of sp³-hybridized carbons (Fsp3) is 0.818. The van der Waals surface area contributed by atoms with Gasteiger partial charge in [-0.15, -0.1) is 0 Å². The average Bonchev–Trinajstić information content (AvgIpc) is 2.57. The molecule has 0 amide bonds. The van der Waals surface area contributed by atoms with Crippen LogP contribution in [0.1, 0.15) is 65.7 Å². The van der Waals surface area contributed by atoms with Crippen molar-refractivity contribution in [3.8, 4) is 11.5 Å². The fourth-order valence-corrected chi connectivity index (χ4v) is 18.2. The van der Waals surface area contributed by atoms with Crippen LogP contribution >= 0.6 is 0 Å². The van der Waals surface area contributed by atoms with Gasteiger partial charge in [0.25, 0.3) is 0 Å². The summed E-state index contributed by atoms with van der Waals surface area (Å²) in [6.07, 6.45) is 11.7. The predicted octanol–water partition coefficient (Wildman–Crippen LogP) is 7.22. The van der Waals surface area contributed by atoms with E-state index < -0.39 is 26.5 Å². The molecule has 3 heteroatoms. The van der Waals surface area contributed by atoms with Crippen molar-refractivity contribution in [1.29, 1.82) is 0 Å². The van der Waals surface area contributed by atoms with Crippen molar-refractivity contribution in [2.45, 2.75) is 105 Å². The topological polar surface area (TPSA) is 9.23 Å². The predicted molar refractivity (Wildman–Crippen MR) is 121 cm³/mol. The second-order valence-electron chi connectivity index (χ2n) is 8.56. The SMILES string of the molecule is CCC[CH2][Sn](/[CH]=C/[C@@H](CC#C[Si](C)(C)C)OC)([CH2]CCC)[CH2]CCC. The number of ether oxygens (including phenoxy) is 1. The van der Waals surface area contributed by atoms with E-state index in [1.165, 1.54) is 51.8 Å². The van der Waals surface area contributed by atoms with Gasteiger partial charge >= 0.3 is 165 Å². The Labute approximate surface area is 164 Å². The van der Waals surface area contributed by atoms with Crippen molar-refractivity contribution in [3.05, 3.63) is 10.2 Å². The molecular weight excluding hydrogens is 427 g/mol. The van der Waals surface area contributed by atoms with Crippen molar-refractivity contribution < 1.29 is 4.74 Å². The summed E-state index contributed by atoms with van der Waals surface area (Å²) in [7, 11) is 0.563. The summed E-state index contributed by atoms with van der Waals surface area (Å²) < 4.78 is 13.0. The molecule has 0 N–H and O–H groups in total. The standard InChI is InChI=1S/C10H17OSi.3C4H9.Sn/c1-6-10(11-2)8-7-9-12(3,4)5;3*1-3-4-2;/h1,6,10H,8H2,2-5H3;3*1,3-4H2,2H3;/t10-;;;;/m0..../s1. The molecule has 25 heavy (non-hydrogen) atoms. The maximum atomic E-state index is 5.73. The minimum atomic E-state index is -2.17. The van der Waals surface area contributed by atoms with Crippen molar-refractivity contribution in [3.63, 3.8) is 0 Å². The zero-order valence-electron chi connectivity index (χ0n) is 18.2. The molecule has 0 radical (unpaired) electrons. The van der Waals surface area contributed by atoms with E-state index >= 15 is 0 Å². The summed E-state index contributed by atoms with van der Waals surface area (Å²) in [6, 6.07) is 0. The fourth-order valence-electron chi connectivity index (χ4n) is 3.17. The van der Waals surface area contributed by atoms with Gasteiger partial charge in [-0.05, 0) is 0 Å². The summed E-state index contributed by atoms with van der Waals surface area (Å²) in [5, 5.41) is 0. The van der Waals surface area contributed by atoms with E-state index in [9.17, 15) is 0 Å². The Kier molecular flexibility index (Phi) is 14.5. The quantitative estimate of drug-likeness (QED) is 0.204. The first-order chi connectivity index (χ1) is 11.8. The normalized spacial score (nSPS) is 13.7. The molecule has 146 valence electrons. The molecule has 0 aromatic heterocycles. The van der Waals surface area contributed by atoms with Gasteiger partial charge in [0.1, 0.15) is 0 Å². The van der Waals surface area contributed by atoms with Gasteiger partial charge < -0.3 is 0 Å². The molecule has 1 nitrogen and oxygen atoms in total. The minimum absolute atomic E-state index is 0.185. The molecule has 0 spiro atoms. The Bertz CT molecular complexity index is 392. The van der Waals surface area contributed by atoms with Gasteiger partial charge in [0.05, 0.1) is 0 Å². The molecule has 0 aromatic rings. The Balaban J connectivity index is 5.16. The van der Waals surface area contributed by atoms with Crippen molar-refractivity contribution >= 4 is 26.5 Å². The Hall–Kier alpha value is 0.276. The van der Waals surface area contributed by atoms with E-state index in [0.29, 0.717) is 0 Å². The summed E-state index contributed by atoms with van der Waals surface area (Å²) >= 11 is -2.17. The van der Waals surface area contributed by atoms with Crippen molar-refractivity contribution in [2.75, 3.05) is 7.11 Å². The van der Waals surface area contributed by atoms with E-state index in [1.54, 1.807) is 0 Å². The zero-order chi connectivity index (χ0) is 19.2. The zero-order valence-corrected chi connectivity index (χ0v) is 22.1. The number of unbranched alkanes of at least 4 members (excludes halogenated alkanes) is 3. The summed E-state index contributed by atoms with van der Waals surface area (Å²) in [5.74, 6) is 3.40. The number of methoxy groups -OCH3 is 1. The third-order valence-corrected chi connectivity index (χ3v) is 19.9. The van der Waals surface area contributed by atoms with E-state index in [2.05, 4.69) is 62.0 Å². The first-order valence-corrected chi connectivity index (χ1v) is 21.7. The van der Waals surface area contributed by atoms with Gasteiger partial charge in [0, 0.05) is 0 Å². The Morgan fingerprint density at radius 2 is 1.40 bits per heavy atom. The van der Waals surface area contributed by atoms with E-state index in [-0.39, 0.29) is 6.10 Å². The average molecular weight is 471 g/mol. The van der Waals surface area contributed by atoms with Gasteiger partial charge in [-0.25, -0.2) is 0 Å². The van der Waals surface area contributed by atoms with Crippen molar-refractivity contribution in [2.24, 2.45) is 0 Å². The Morgan fingerprint density at radius 1 is 0.920 bits per heavy atom. The summed E-state index contributed by atoms with van der Waals surface area (Å²) in [4.78, 5) is 0. The molecule has 0 fully saturated rings. The monoisotopic (exact) mass is 472 g/mol. The van der Waals surface area contributed by atoms with Gasteiger partial charge in [-0.1, -0.05) is 0 Å². The van der Waals surface area contributed by atoms with Gasteiger partial charge in [0.2, 0.25) is 0 Å². The van der Waals surface area contributed by atoms with Crippen LogP contribution in [0.5, 0.6) is 0 Å². The Morgan fingerprint density at radius 3 is 1.76 bits per heavy atom. The molecule has 0 aliphatic carbocycles. The molecule has 0 unspecified atom stereocenters. The number of hydrogen-bond acceptors (Lipinski definition) is 1. The second kappa shape index (κ2) is 14.3. The van der Waals surface area contributed by atoms with Crippen molar-refractivity contribution in [1.82, 2.24) is 0 Å². The van der Waals surface area contributed by atoms with Crippen LogP contribution in [0.2, 0.25) is 33.0 Å². The van der Waals surface area contributed by atoms with Crippen LogP contribution in [0.4, 0.5) is 0 Å². The third kappa shape index (κ3) is 13.1. The van der Waals surface area contributed by atoms with E-state index in [4.69, 9.17) is 4.74 Å². The van der Waals surface area contributed by atoms with E-state index in [1.807, 2.05) is 7.11 Å². The van der Waals surface area contributed by atoms with Crippen LogP contribution < -0.4 is 0 Å². The van der Waals surface area contributed by atoms with Gasteiger partial charge in [-0.2, -0.15) is 0 Å². The summed E-state index contributed by atoms with van der Waals surface area (Å²) in [6.45, 7) is 13.9. The third-order valence-electron chi connectivity index (χ3n) is 4.82. The molecule has 0 bridgehead atoms. The van der Waals surface area contributed by atoms with Crippen LogP contribution in [0.15, 0.2) is 10.2 Å². The number of hydrogen-bond donors (Lipinski definition) is 0. The van der Waals surface area contributed by atoms with Crippen LogP contribution in [-0.2, 0) is 4.74 Å². The van der Waals surface area contributed by atoms with Crippen LogP contribution in [0, 0.1) is 11.5 Å². The number of rotatable bonds is 13. The second-order valence-corrected chi connectivity index (χ2v) is 26.3. The molecule has 1 atom stereocenters. The molecule has 0 aliphatic heterocycles. The van der Waals surface area contributed by atoms with Crippen LogP contribution in [-0.4, -0.2) is 39.7 Å². The molecule has 0 rings (SSSR count). The molecule has 0 aromatic carbocycles. The molecule has 0 saturated carbocycles. The first-order valence-electron chi connectivity index (χ1n) is 10.5. The molecular formula is C22H44OSiSn. The van der Waals surface area contributed by atoms with Crippen LogP contribution in [0.3, 0.4) is 0 Å². The molecule has 0 heterocycles. The van der Waals surface area contributed by atoms with Gasteiger partial charge in [0.15, 0.2) is 0 Å². The van der Waals surface area contributed by atoms with E-state index in [0.717, 1.165) is 6.42 Å². The molecule has 0 aliphatic rings. The van der Waals surface area contributed by atoms with Gasteiger partial charge in [-0.3, -0.25) is 0 Å². The maximum absolute atomic E-state index is 5.73. The first kappa shape index (κ1) is 25.3.